The topological polar surface area (TPSA) is 40.5 Å². The van der Waals surface area contributed by atoms with E-state index in [0.29, 0.717) is 17.8 Å². The lowest BCUT2D eigenvalue weighted by molar-refractivity contribution is -0.216. The zero-order chi connectivity index (χ0) is 14.9. The number of hydrogen-bond acceptors (Lipinski definition) is 2. The van der Waals surface area contributed by atoms with E-state index < -0.39 is 5.60 Å². The van der Waals surface area contributed by atoms with Gasteiger partial charge in [-0.25, -0.2) is 0 Å². The smallest absolute Gasteiger partial charge is 0.0728 e. The van der Waals surface area contributed by atoms with Crippen molar-refractivity contribution in [2.75, 3.05) is 0 Å². The molecule has 2 N–H and O–H groups in total. The quantitative estimate of drug-likeness (QED) is 0.668. The molecular weight excluding hydrogens is 260 g/mol. The van der Waals surface area contributed by atoms with Crippen molar-refractivity contribution in [3.8, 4) is 0 Å². The Morgan fingerprint density at radius 1 is 1.00 bits per heavy atom. The van der Waals surface area contributed by atoms with Gasteiger partial charge >= 0.3 is 0 Å². The molecule has 0 radical (unpaired) electrons. The first-order valence-electron chi connectivity index (χ1n) is 8.96. The summed E-state index contributed by atoms with van der Waals surface area (Å²) in [5, 5.41) is 21.3. The van der Waals surface area contributed by atoms with Crippen LogP contribution < -0.4 is 0 Å². The fraction of sp³-hybridized carbons (Fsp3) is 0.895. The summed E-state index contributed by atoms with van der Waals surface area (Å²) in [7, 11) is 0. The van der Waals surface area contributed by atoms with Crippen molar-refractivity contribution in [2.24, 2.45) is 28.6 Å². The summed E-state index contributed by atoms with van der Waals surface area (Å²) >= 11 is 0. The predicted octanol–water partition coefficient (Wildman–Crippen LogP) is 3.67. The second-order valence-electron chi connectivity index (χ2n) is 8.94. The number of aliphatic hydroxyl groups excluding tert-OH is 1. The molecular formula is C19H30O2. The van der Waals surface area contributed by atoms with Crippen LogP contribution in [0, 0.1) is 28.6 Å². The summed E-state index contributed by atoms with van der Waals surface area (Å²) in [5.41, 5.74) is -0.175. The van der Waals surface area contributed by atoms with Crippen LogP contribution in [-0.4, -0.2) is 21.9 Å². The lowest BCUT2D eigenvalue weighted by Gasteiger charge is -2.63. The zero-order valence-corrected chi connectivity index (χ0v) is 13.5. The minimum Gasteiger partial charge on any atom is -0.393 e. The lowest BCUT2D eigenvalue weighted by atomic mass is 9.43. The first-order chi connectivity index (χ1) is 9.88. The van der Waals surface area contributed by atoms with E-state index in [2.05, 4.69) is 26.0 Å². The highest BCUT2D eigenvalue weighted by Gasteiger charge is 2.62. The monoisotopic (exact) mass is 290 g/mol. The number of hydrogen-bond donors (Lipinski definition) is 2. The van der Waals surface area contributed by atoms with Crippen LogP contribution in [0.15, 0.2) is 12.2 Å². The lowest BCUT2D eigenvalue weighted by Crippen LogP contribution is -2.62. The molecule has 118 valence electrons. The average molecular weight is 290 g/mol. The van der Waals surface area contributed by atoms with Gasteiger partial charge in [0.2, 0.25) is 0 Å². The maximum Gasteiger partial charge on any atom is 0.0728 e. The van der Waals surface area contributed by atoms with Crippen LogP contribution in [0.4, 0.5) is 0 Å². The molecule has 21 heavy (non-hydrogen) atoms. The van der Waals surface area contributed by atoms with E-state index in [4.69, 9.17) is 0 Å². The van der Waals surface area contributed by atoms with E-state index in [0.717, 1.165) is 37.5 Å². The molecule has 3 saturated carbocycles. The Morgan fingerprint density at radius 3 is 2.62 bits per heavy atom. The van der Waals surface area contributed by atoms with Gasteiger partial charge in [-0.2, -0.15) is 0 Å². The van der Waals surface area contributed by atoms with Gasteiger partial charge in [-0.3, -0.25) is 0 Å². The van der Waals surface area contributed by atoms with Gasteiger partial charge in [0.25, 0.3) is 0 Å². The third kappa shape index (κ3) is 1.78. The maximum absolute atomic E-state index is 11.3. The summed E-state index contributed by atoms with van der Waals surface area (Å²) < 4.78 is 0. The van der Waals surface area contributed by atoms with Crippen LogP contribution in [0.5, 0.6) is 0 Å². The SMILES string of the molecule is C[C@@]12C=CC[C@H]1[C@@H]1CC[C@@]3(O)C[C@@H](O)CC[C@]3(C)[C@H]1CC2. The van der Waals surface area contributed by atoms with Gasteiger partial charge in [-0.15, -0.1) is 0 Å². The Labute approximate surface area is 128 Å². The second kappa shape index (κ2) is 4.35. The molecule has 7 atom stereocenters. The maximum atomic E-state index is 11.3. The Hall–Kier alpha value is -0.340. The summed E-state index contributed by atoms with van der Waals surface area (Å²) in [6.07, 6.45) is 12.9. The molecule has 0 heterocycles. The minimum absolute atomic E-state index is 0.0269. The van der Waals surface area contributed by atoms with E-state index in [1.807, 2.05) is 0 Å². The van der Waals surface area contributed by atoms with Gasteiger partial charge in [0.05, 0.1) is 11.7 Å². The van der Waals surface area contributed by atoms with Crippen LogP contribution in [-0.2, 0) is 0 Å². The predicted molar refractivity (Wildman–Crippen MR) is 83.7 cm³/mol. The van der Waals surface area contributed by atoms with Gasteiger partial charge in [0.15, 0.2) is 0 Å². The Balaban J connectivity index is 1.67. The van der Waals surface area contributed by atoms with Crippen molar-refractivity contribution in [1.29, 1.82) is 0 Å². The molecule has 0 saturated heterocycles. The third-order valence-corrected chi connectivity index (χ3v) is 8.11. The minimum atomic E-state index is -0.619. The molecule has 4 aliphatic carbocycles. The van der Waals surface area contributed by atoms with Crippen LogP contribution >= 0.6 is 0 Å². The van der Waals surface area contributed by atoms with Gasteiger partial charge < -0.3 is 10.2 Å². The molecule has 4 aliphatic rings. The highest BCUT2D eigenvalue weighted by molar-refractivity contribution is 5.18. The van der Waals surface area contributed by atoms with Crippen molar-refractivity contribution in [3.05, 3.63) is 12.2 Å². The van der Waals surface area contributed by atoms with E-state index in [1.54, 1.807) is 0 Å². The van der Waals surface area contributed by atoms with Gasteiger partial charge in [0.1, 0.15) is 0 Å². The molecule has 3 fully saturated rings. The van der Waals surface area contributed by atoms with E-state index in [-0.39, 0.29) is 11.5 Å². The normalized spacial score (nSPS) is 59.2. The molecule has 0 aromatic carbocycles. The van der Waals surface area contributed by atoms with Gasteiger partial charge in [0, 0.05) is 6.42 Å². The first-order valence-corrected chi connectivity index (χ1v) is 8.96. The largest absolute Gasteiger partial charge is 0.393 e. The molecule has 2 nitrogen and oxygen atoms in total. The Kier molecular flexibility index (Phi) is 2.96. The average Bonchev–Trinajstić information content (AvgIpc) is 2.82. The standard InChI is InChI=1S/C19H30O2/c1-17-8-3-4-15(17)14-6-11-19(21)12-13(20)5-10-18(19,2)16(14)7-9-17/h3,8,13-16,20-21H,4-7,9-12H2,1-2H3/t13-,14-,15-,16-,17-,18+,19+/m0/s1. The second-order valence-corrected chi connectivity index (χ2v) is 8.94. The number of aliphatic hydroxyl groups is 2. The van der Waals surface area contributed by atoms with Crippen molar-refractivity contribution in [1.82, 2.24) is 0 Å². The van der Waals surface area contributed by atoms with Crippen molar-refractivity contribution in [2.45, 2.75) is 76.9 Å². The molecule has 0 bridgehead atoms. The van der Waals surface area contributed by atoms with Crippen LogP contribution in [0.1, 0.15) is 65.2 Å². The van der Waals surface area contributed by atoms with Crippen LogP contribution in [0.2, 0.25) is 0 Å². The van der Waals surface area contributed by atoms with E-state index in [1.165, 1.54) is 19.3 Å². The summed E-state index contributed by atoms with van der Waals surface area (Å²) in [5.74, 6) is 2.23. The summed E-state index contributed by atoms with van der Waals surface area (Å²) in [4.78, 5) is 0. The molecule has 0 unspecified atom stereocenters. The molecule has 0 spiro atoms. The van der Waals surface area contributed by atoms with Crippen LogP contribution in [0.3, 0.4) is 0 Å². The van der Waals surface area contributed by atoms with E-state index >= 15 is 0 Å². The Bertz CT molecular complexity index is 472. The zero-order valence-electron chi connectivity index (χ0n) is 13.5. The summed E-state index contributed by atoms with van der Waals surface area (Å²) in [6.45, 7) is 4.78. The van der Waals surface area contributed by atoms with Crippen molar-refractivity contribution < 1.29 is 10.2 Å². The number of rotatable bonds is 0. The van der Waals surface area contributed by atoms with Crippen molar-refractivity contribution in [3.63, 3.8) is 0 Å². The molecule has 0 aromatic rings. The fourth-order valence-corrected chi connectivity index (χ4v) is 6.71. The third-order valence-electron chi connectivity index (χ3n) is 8.11. The van der Waals surface area contributed by atoms with Crippen LogP contribution in [0.25, 0.3) is 0 Å². The summed E-state index contributed by atoms with van der Waals surface area (Å²) in [6, 6.07) is 0. The fourth-order valence-electron chi connectivity index (χ4n) is 6.71. The van der Waals surface area contributed by atoms with Gasteiger partial charge in [-0.1, -0.05) is 26.0 Å². The number of allylic oxidation sites excluding steroid dienone is 2. The highest BCUT2D eigenvalue weighted by Crippen LogP contribution is 2.66. The van der Waals surface area contributed by atoms with Gasteiger partial charge in [-0.05, 0) is 73.5 Å². The Morgan fingerprint density at radius 2 is 1.81 bits per heavy atom. The molecule has 0 aromatic heterocycles. The molecule has 0 aliphatic heterocycles. The molecule has 0 amide bonds. The highest BCUT2D eigenvalue weighted by atomic mass is 16.3. The molecule has 4 rings (SSSR count). The van der Waals surface area contributed by atoms with E-state index in [9.17, 15) is 10.2 Å². The van der Waals surface area contributed by atoms with Crippen molar-refractivity contribution >= 4 is 0 Å². The molecule has 2 heteroatoms. The first kappa shape index (κ1) is 14.3. The number of fused-ring (bicyclic) bond motifs is 5.